The van der Waals surface area contributed by atoms with E-state index in [0.29, 0.717) is 6.42 Å². The summed E-state index contributed by atoms with van der Waals surface area (Å²) in [5, 5.41) is 5.00. The predicted octanol–water partition coefficient (Wildman–Crippen LogP) is 11.1. The Morgan fingerprint density at radius 1 is 0.438 bits per heavy atom. The highest BCUT2D eigenvalue weighted by atomic mass is 15.0. The van der Waals surface area contributed by atoms with Gasteiger partial charge in [0, 0.05) is 38.6 Å². The SMILES string of the molecule is N/C(=C\Cc1cc(-n2c3ccccc3c3ccccc32)cc(-n2c3ccccc3c3ccccc32)c1)c1cccc(-c2ccccc2)c1. The first kappa shape index (κ1) is 27.9. The molecule has 0 amide bonds. The van der Waals surface area contributed by atoms with Crippen molar-refractivity contribution in [3.05, 3.63) is 187 Å². The van der Waals surface area contributed by atoms with Crippen molar-refractivity contribution in [3.63, 3.8) is 0 Å². The van der Waals surface area contributed by atoms with Crippen LogP contribution >= 0.6 is 0 Å². The number of hydrogen-bond donors (Lipinski definition) is 1. The molecule has 0 aliphatic rings. The van der Waals surface area contributed by atoms with Crippen LogP contribution in [-0.2, 0) is 6.42 Å². The number of nitrogens with two attached hydrogens (primary N) is 1. The van der Waals surface area contributed by atoms with E-state index >= 15 is 0 Å². The number of fused-ring (bicyclic) bond motifs is 6. The Bertz CT molecular complexity index is 2420. The Labute approximate surface area is 279 Å². The van der Waals surface area contributed by atoms with E-state index in [-0.39, 0.29) is 0 Å². The minimum atomic E-state index is 0.691. The van der Waals surface area contributed by atoms with E-state index in [1.165, 1.54) is 54.7 Å². The third-order valence-electron chi connectivity index (χ3n) is 9.50. The highest BCUT2D eigenvalue weighted by Gasteiger charge is 2.16. The zero-order chi connectivity index (χ0) is 32.0. The lowest BCUT2D eigenvalue weighted by Crippen LogP contribution is -2.02. The second kappa shape index (κ2) is 11.5. The number of benzene rings is 7. The van der Waals surface area contributed by atoms with Crippen molar-refractivity contribution in [3.8, 4) is 22.5 Å². The van der Waals surface area contributed by atoms with Gasteiger partial charge in [0.05, 0.1) is 22.1 Å². The summed E-state index contributed by atoms with van der Waals surface area (Å²) >= 11 is 0. The summed E-state index contributed by atoms with van der Waals surface area (Å²) in [4.78, 5) is 0. The van der Waals surface area contributed by atoms with Crippen LogP contribution in [0.4, 0.5) is 0 Å². The molecule has 0 fully saturated rings. The quantitative estimate of drug-likeness (QED) is 0.198. The van der Waals surface area contributed by atoms with E-state index in [9.17, 15) is 0 Å². The van der Waals surface area contributed by atoms with Crippen molar-refractivity contribution in [1.29, 1.82) is 0 Å². The van der Waals surface area contributed by atoms with Crippen LogP contribution in [0.15, 0.2) is 176 Å². The predicted molar refractivity (Wildman–Crippen MR) is 203 cm³/mol. The van der Waals surface area contributed by atoms with Gasteiger partial charge in [0.1, 0.15) is 0 Å². The third-order valence-corrected chi connectivity index (χ3v) is 9.50. The monoisotopic (exact) mass is 615 g/mol. The molecule has 0 radical (unpaired) electrons. The Morgan fingerprint density at radius 3 is 1.38 bits per heavy atom. The molecular formula is C45H33N3. The summed E-state index contributed by atoms with van der Waals surface area (Å²) in [5.41, 5.74) is 19.1. The maximum atomic E-state index is 6.80. The molecule has 0 spiro atoms. The minimum absolute atomic E-state index is 0.691. The van der Waals surface area contributed by atoms with Gasteiger partial charge in [0.15, 0.2) is 0 Å². The normalized spacial score (nSPS) is 12.0. The summed E-state index contributed by atoms with van der Waals surface area (Å²) in [6, 6.07) is 60.7. The van der Waals surface area contributed by atoms with Crippen molar-refractivity contribution in [1.82, 2.24) is 9.13 Å². The second-order valence-electron chi connectivity index (χ2n) is 12.4. The summed E-state index contributed by atoms with van der Waals surface area (Å²) in [6.07, 6.45) is 2.85. The van der Waals surface area contributed by atoms with Crippen molar-refractivity contribution in [2.75, 3.05) is 0 Å². The van der Waals surface area contributed by atoms with Crippen LogP contribution in [0.3, 0.4) is 0 Å². The lowest BCUT2D eigenvalue weighted by atomic mass is 10.0. The largest absolute Gasteiger partial charge is 0.398 e. The van der Waals surface area contributed by atoms with Gasteiger partial charge in [-0.25, -0.2) is 0 Å². The number of rotatable bonds is 6. The smallest absolute Gasteiger partial charge is 0.0541 e. The molecule has 3 nitrogen and oxygen atoms in total. The molecule has 7 aromatic carbocycles. The van der Waals surface area contributed by atoms with E-state index in [4.69, 9.17) is 5.73 Å². The van der Waals surface area contributed by atoms with Crippen molar-refractivity contribution in [2.24, 2.45) is 5.73 Å². The van der Waals surface area contributed by atoms with Gasteiger partial charge < -0.3 is 14.9 Å². The fraction of sp³-hybridized carbons (Fsp3) is 0.0222. The van der Waals surface area contributed by atoms with E-state index in [2.05, 4.69) is 179 Å². The third kappa shape index (κ3) is 4.68. The Hall–Kier alpha value is -6.32. The summed E-state index contributed by atoms with van der Waals surface area (Å²) in [5.74, 6) is 0. The van der Waals surface area contributed by atoms with Crippen LogP contribution in [0.1, 0.15) is 11.1 Å². The zero-order valence-electron chi connectivity index (χ0n) is 26.4. The molecule has 48 heavy (non-hydrogen) atoms. The molecule has 0 unspecified atom stereocenters. The molecule has 2 heterocycles. The zero-order valence-corrected chi connectivity index (χ0v) is 26.4. The molecule has 0 aliphatic heterocycles. The summed E-state index contributed by atoms with van der Waals surface area (Å²) in [7, 11) is 0. The number of nitrogens with zero attached hydrogens (tertiary/aromatic N) is 2. The number of para-hydroxylation sites is 4. The Balaban J connectivity index is 1.23. The van der Waals surface area contributed by atoms with E-state index in [1.807, 2.05) is 6.07 Å². The summed E-state index contributed by atoms with van der Waals surface area (Å²) in [6.45, 7) is 0. The average Bonchev–Trinajstić information content (AvgIpc) is 3.67. The van der Waals surface area contributed by atoms with Gasteiger partial charge in [-0.3, -0.25) is 0 Å². The molecule has 0 saturated heterocycles. The molecule has 0 atom stereocenters. The number of aromatic nitrogens is 2. The van der Waals surface area contributed by atoms with Crippen LogP contribution in [0.5, 0.6) is 0 Å². The molecule has 0 bridgehead atoms. The van der Waals surface area contributed by atoms with Gasteiger partial charge in [0.2, 0.25) is 0 Å². The molecule has 0 saturated carbocycles. The van der Waals surface area contributed by atoms with Gasteiger partial charge in [-0.1, -0.05) is 127 Å². The highest BCUT2D eigenvalue weighted by molar-refractivity contribution is 6.10. The van der Waals surface area contributed by atoms with Crippen LogP contribution in [0.25, 0.3) is 71.8 Å². The molecular weight excluding hydrogens is 583 g/mol. The van der Waals surface area contributed by atoms with Crippen molar-refractivity contribution < 1.29 is 0 Å². The molecule has 2 aromatic heterocycles. The highest BCUT2D eigenvalue weighted by Crippen LogP contribution is 2.36. The first-order valence-electron chi connectivity index (χ1n) is 16.5. The minimum Gasteiger partial charge on any atom is -0.398 e. The summed E-state index contributed by atoms with van der Waals surface area (Å²) < 4.78 is 4.81. The maximum absolute atomic E-state index is 6.80. The lowest BCUT2D eigenvalue weighted by molar-refractivity contribution is 1.11. The van der Waals surface area contributed by atoms with Crippen LogP contribution in [0.2, 0.25) is 0 Å². The molecule has 3 heteroatoms. The van der Waals surface area contributed by atoms with Crippen molar-refractivity contribution >= 4 is 49.3 Å². The van der Waals surface area contributed by atoms with E-state index < -0.39 is 0 Å². The van der Waals surface area contributed by atoms with Crippen molar-refractivity contribution in [2.45, 2.75) is 6.42 Å². The molecule has 9 rings (SSSR count). The van der Waals surface area contributed by atoms with Gasteiger partial charge in [-0.15, -0.1) is 0 Å². The lowest BCUT2D eigenvalue weighted by Gasteiger charge is -2.15. The average molecular weight is 616 g/mol. The second-order valence-corrected chi connectivity index (χ2v) is 12.4. The van der Waals surface area contributed by atoms with Crippen LogP contribution < -0.4 is 5.73 Å². The fourth-order valence-corrected chi connectivity index (χ4v) is 7.29. The fourth-order valence-electron chi connectivity index (χ4n) is 7.29. The molecule has 228 valence electrons. The van der Waals surface area contributed by atoms with Gasteiger partial charge >= 0.3 is 0 Å². The first-order chi connectivity index (χ1) is 23.7. The van der Waals surface area contributed by atoms with Gasteiger partial charge in [0.25, 0.3) is 0 Å². The van der Waals surface area contributed by atoms with Gasteiger partial charge in [-0.2, -0.15) is 0 Å². The Morgan fingerprint density at radius 2 is 0.875 bits per heavy atom. The topological polar surface area (TPSA) is 35.9 Å². The molecule has 0 aliphatic carbocycles. The standard InChI is InChI=1S/C45H33N3/c46-41(34-16-12-15-33(29-34)32-13-2-1-3-14-32)26-25-31-27-35(47-42-21-8-4-17-37(42)38-18-5-9-22-43(38)47)30-36(28-31)48-44-23-10-6-19-39(44)40-20-7-11-24-45(40)48/h1-24,26-30H,25,46H2/b41-26-. The maximum Gasteiger partial charge on any atom is 0.0541 e. The van der Waals surface area contributed by atoms with E-state index in [0.717, 1.165) is 28.2 Å². The first-order valence-corrected chi connectivity index (χ1v) is 16.5. The Kier molecular flexibility index (Phi) is 6.69. The molecule has 9 aromatic rings. The van der Waals surface area contributed by atoms with E-state index in [1.54, 1.807) is 0 Å². The number of allylic oxidation sites excluding steroid dienone is 1. The number of hydrogen-bond acceptors (Lipinski definition) is 1. The van der Waals surface area contributed by atoms with Crippen LogP contribution in [-0.4, -0.2) is 9.13 Å². The van der Waals surface area contributed by atoms with Gasteiger partial charge in [-0.05, 0) is 77.2 Å². The van der Waals surface area contributed by atoms with Crippen LogP contribution in [0, 0.1) is 0 Å². The molecule has 2 N–H and O–H groups in total.